The van der Waals surface area contributed by atoms with Crippen LogP contribution in [0.2, 0.25) is 0 Å². The van der Waals surface area contributed by atoms with Gasteiger partial charge < -0.3 is 10.1 Å². The maximum absolute atomic E-state index is 5.83. The highest BCUT2D eigenvalue weighted by molar-refractivity contribution is 5.48. The first-order valence-electron chi connectivity index (χ1n) is 8.31. The molecule has 2 aromatic rings. The van der Waals surface area contributed by atoms with E-state index in [0.29, 0.717) is 0 Å². The van der Waals surface area contributed by atoms with Gasteiger partial charge in [0, 0.05) is 18.3 Å². The maximum atomic E-state index is 5.83. The largest absolute Gasteiger partial charge is 0.494 e. The molecule has 0 fully saturated rings. The molecule has 0 radical (unpaired) electrons. The number of aryl methyl sites for hydroxylation is 1. The first-order chi connectivity index (χ1) is 10.8. The predicted molar refractivity (Wildman–Crippen MR) is 94.6 cm³/mol. The fourth-order valence-electron chi connectivity index (χ4n) is 2.42. The number of ether oxygens (including phenoxy) is 1. The average molecular weight is 297 g/mol. The predicted octanol–water partition coefficient (Wildman–Crippen LogP) is 5.57. The van der Waals surface area contributed by atoms with Gasteiger partial charge in [0.25, 0.3) is 0 Å². The third-order valence-electron chi connectivity index (χ3n) is 3.84. The van der Waals surface area contributed by atoms with Gasteiger partial charge in [-0.05, 0) is 36.6 Å². The van der Waals surface area contributed by atoms with Crippen molar-refractivity contribution in [1.29, 1.82) is 0 Å². The smallest absolute Gasteiger partial charge is 0.121 e. The van der Waals surface area contributed by atoms with E-state index in [1.807, 2.05) is 12.1 Å². The number of hydrogen-bond donors (Lipinski definition) is 1. The van der Waals surface area contributed by atoms with Crippen molar-refractivity contribution in [3.63, 3.8) is 0 Å². The Hall–Kier alpha value is -1.96. The summed E-state index contributed by atoms with van der Waals surface area (Å²) in [5, 5.41) is 3.47. The van der Waals surface area contributed by atoms with Crippen molar-refractivity contribution in [3.05, 3.63) is 59.7 Å². The molecule has 22 heavy (non-hydrogen) atoms. The van der Waals surface area contributed by atoms with E-state index in [-0.39, 0.29) is 0 Å². The Morgan fingerprint density at radius 2 is 1.82 bits per heavy atom. The Morgan fingerprint density at radius 1 is 0.955 bits per heavy atom. The van der Waals surface area contributed by atoms with Crippen molar-refractivity contribution in [1.82, 2.24) is 0 Å². The Balaban J connectivity index is 1.82. The van der Waals surface area contributed by atoms with Crippen molar-refractivity contribution < 1.29 is 4.74 Å². The first kappa shape index (κ1) is 16.4. The van der Waals surface area contributed by atoms with Gasteiger partial charge in [-0.15, -0.1) is 0 Å². The Labute approximate surface area is 134 Å². The standard InChI is InChI=1S/C20H27NO/c1-3-4-5-8-14-22-20-13-9-12-19(15-20)21-16-18-11-7-6-10-17(18)2/h6-7,9-13,15,21H,3-5,8,14,16H2,1-2H3. The molecular formula is C20H27NO. The second-order valence-electron chi connectivity index (χ2n) is 5.72. The molecule has 0 spiro atoms. The van der Waals surface area contributed by atoms with Crippen LogP contribution in [-0.4, -0.2) is 6.61 Å². The highest BCUT2D eigenvalue weighted by Crippen LogP contribution is 2.19. The van der Waals surface area contributed by atoms with Crippen LogP contribution in [0.4, 0.5) is 5.69 Å². The van der Waals surface area contributed by atoms with E-state index in [1.165, 1.54) is 30.4 Å². The zero-order valence-corrected chi connectivity index (χ0v) is 13.8. The van der Waals surface area contributed by atoms with Gasteiger partial charge in [0.05, 0.1) is 6.61 Å². The molecule has 2 heteroatoms. The quantitative estimate of drug-likeness (QED) is 0.611. The number of nitrogens with one attached hydrogen (secondary N) is 1. The molecule has 0 aliphatic heterocycles. The minimum Gasteiger partial charge on any atom is -0.494 e. The third kappa shape index (κ3) is 5.44. The van der Waals surface area contributed by atoms with Crippen molar-refractivity contribution in [2.24, 2.45) is 0 Å². The van der Waals surface area contributed by atoms with Gasteiger partial charge in [-0.1, -0.05) is 56.5 Å². The number of anilines is 1. The van der Waals surface area contributed by atoms with Crippen LogP contribution in [0.25, 0.3) is 0 Å². The van der Waals surface area contributed by atoms with Gasteiger partial charge in [0.2, 0.25) is 0 Å². The topological polar surface area (TPSA) is 21.3 Å². The first-order valence-corrected chi connectivity index (χ1v) is 8.31. The van der Waals surface area contributed by atoms with Crippen LogP contribution in [0.5, 0.6) is 5.75 Å². The van der Waals surface area contributed by atoms with Crippen molar-refractivity contribution in [2.75, 3.05) is 11.9 Å². The lowest BCUT2D eigenvalue weighted by molar-refractivity contribution is 0.305. The lowest BCUT2D eigenvalue weighted by Crippen LogP contribution is -2.02. The molecule has 0 aliphatic rings. The summed E-state index contributed by atoms with van der Waals surface area (Å²) in [5.41, 5.74) is 3.75. The van der Waals surface area contributed by atoms with Crippen molar-refractivity contribution in [3.8, 4) is 5.75 Å². The zero-order valence-electron chi connectivity index (χ0n) is 13.8. The summed E-state index contributed by atoms with van der Waals surface area (Å²) in [5.74, 6) is 0.950. The van der Waals surface area contributed by atoms with E-state index < -0.39 is 0 Å². The molecule has 1 N–H and O–H groups in total. The van der Waals surface area contributed by atoms with Crippen LogP contribution in [0, 0.1) is 6.92 Å². The van der Waals surface area contributed by atoms with Gasteiger partial charge in [-0.25, -0.2) is 0 Å². The Morgan fingerprint density at radius 3 is 2.64 bits per heavy atom. The Bertz CT molecular complexity index is 565. The lowest BCUT2D eigenvalue weighted by Gasteiger charge is -2.11. The van der Waals surface area contributed by atoms with Gasteiger partial charge in [0.1, 0.15) is 5.75 Å². The summed E-state index contributed by atoms with van der Waals surface area (Å²) < 4.78 is 5.83. The van der Waals surface area contributed by atoms with Gasteiger partial charge in [-0.2, -0.15) is 0 Å². The highest BCUT2D eigenvalue weighted by atomic mass is 16.5. The SMILES string of the molecule is CCCCCCOc1cccc(NCc2ccccc2C)c1. The number of rotatable bonds is 9. The van der Waals surface area contributed by atoms with Gasteiger partial charge in [0.15, 0.2) is 0 Å². The molecule has 2 nitrogen and oxygen atoms in total. The summed E-state index contributed by atoms with van der Waals surface area (Å²) in [7, 11) is 0. The molecule has 118 valence electrons. The monoisotopic (exact) mass is 297 g/mol. The number of unbranched alkanes of at least 4 members (excludes halogenated alkanes) is 3. The summed E-state index contributed by atoms with van der Waals surface area (Å²) in [6.07, 6.45) is 4.94. The second kappa shape index (κ2) is 9.14. The number of hydrogen-bond acceptors (Lipinski definition) is 2. The fourth-order valence-corrected chi connectivity index (χ4v) is 2.42. The van der Waals surface area contributed by atoms with E-state index >= 15 is 0 Å². The molecule has 2 aromatic carbocycles. The van der Waals surface area contributed by atoms with E-state index in [9.17, 15) is 0 Å². The summed E-state index contributed by atoms with van der Waals surface area (Å²) in [4.78, 5) is 0. The summed E-state index contributed by atoms with van der Waals surface area (Å²) in [6.45, 7) is 6.02. The van der Waals surface area contributed by atoms with E-state index in [1.54, 1.807) is 0 Å². The molecule has 0 saturated heterocycles. The molecule has 0 heterocycles. The van der Waals surface area contributed by atoms with Crippen LogP contribution >= 0.6 is 0 Å². The van der Waals surface area contributed by atoms with Gasteiger partial charge in [-0.3, -0.25) is 0 Å². The summed E-state index contributed by atoms with van der Waals surface area (Å²) in [6, 6.07) is 16.7. The molecule has 0 aliphatic carbocycles. The minimum atomic E-state index is 0.807. The summed E-state index contributed by atoms with van der Waals surface area (Å²) >= 11 is 0. The molecular weight excluding hydrogens is 270 g/mol. The van der Waals surface area contributed by atoms with Crippen LogP contribution in [-0.2, 0) is 6.54 Å². The molecule has 0 unspecified atom stereocenters. The third-order valence-corrected chi connectivity index (χ3v) is 3.84. The molecule has 0 aromatic heterocycles. The maximum Gasteiger partial charge on any atom is 0.121 e. The number of benzene rings is 2. The Kier molecular flexibility index (Phi) is 6.82. The highest BCUT2D eigenvalue weighted by Gasteiger charge is 1.99. The van der Waals surface area contributed by atoms with Crippen molar-refractivity contribution >= 4 is 5.69 Å². The normalized spacial score (nSPS) is 10.5. The zero-order chi connectivity index (χ0) is 15.6. The van der Waals surface area contributed by atoms with E-state index in [2.05, 4.69) is 55.6 Å². The minimum absolute atomic E-state index is 0.807. The van der Waals surface area contributed by atoms with Crippen LogP contribution in [0.1, 0.15) is 43.7 Å². The second-order valence-corrected chi connectivity index (χ2v) is 5.72. The molecule has 2 rings (SSSR count). The molecule has 0 saturated carbocycles. The molecule has 0 bridgehead atoms. The van der Waals surface area contributed by atoms with Crippen LogP contribution in [0.3, 0.4) is 0 Å². The molecule has 0 atom stereocenters. The van der Waals surface area contributed by atoms with Crippen LogP contribution < -0.4 is 10.1 Å². The van der Waals surface area contributed by atoms with E-state index in [4.69, 9.17) is 4.74 Å². The van der Waals surface area contributed by atoms with Gasteiger partial charge >= 0.3 is 0 Å². The van der Waals surface area contributed by atoms with Crippen LogP contribution in [0.15, 0.2) is 48.5 Å². The van der Waals surface area contributed by atoms with E-state index in [0.717, 1.165) is 31.0 Å². The average Bonchev–Trinajstić information content (AvgIpc) is 2.54. The molecule has 0 amide bonds. The lowest BCUT2D eigenvalue weighted by atomic mass is 10.1. The fraction of sp³-hybridized carbons (Fsp3) is 0.400. The van der Waals surface area contributed by atoms with Crippen molar-refractivity contribution in [2.45, 2.75) is 46.1 Å².